The molecule has 0 saturated carbocycles. The molecule has 1 aromatic heterocycles. The van der Waals surface area contributed by atoms with Crippen molar-refractivity contribution in [1.29, 1.82) is 0 Å². The number of aromatic nitrogens is 1. The molecule has 0 atom stereocenters. The summed E-state index contributed by atoms with van der Waals surface area (Å²) in [6, 6.07) is 4.01. The zero-order valence-electron chi connectivity index (χ0n) is 8.55. The molecule has 0 radical (unpaired) electrons. The highest BCUT2D eigenvalue weighted by molar-refractivity contribution is 5.42. The molecule has 1 N–H and O–H groups in total. The van der Waals surface area contributed by atoms with E-state index < -0.39 is 0 Å². The van der Waals surface area contributed by atoms with Gasteiger partial charge in [0, 0.05) is 11.4 Å². The van der Waals surface area contributed by atoms with E-state index in [1.165, 1.54) is 0 Å². The van der Waals surface area contributed by atoms with Crippen LogP contribution in [0.15, 0.2) is 18.7 Å². The molecule has 0 aliphatic rings. The number of H-pyrrole nitrogens is 1. The first-order valence-corrected chi connectivity index (χ1v) is 4.45. The highest BCUT2D eigenvalue weighted by Gasteiger charge is 2.10. The number of hydrogen-bond donors (Lipinski definition) is 1. The van der Waals surface area contributed by atoms with Crippen LogP contribution < -0.4 is 0 Å². The molecule has 0 saturated heterocycles. The molecular formula is C11H17NO. The highest BCUT2D eigenvalue weighted by Crippen LogP contribution is 2.11. The predicted molar refractivity (Wildman–Crippen MR) is 55.4 cm³/mol. The average Bonchev–Trinajstić information content (AvgIpc) is 2.47. The van der Waals surface area contributed by atoms with Crippen LogP contribution in [0.3, 0.4) is 0 Å². The molecule has 1 aromatic rings. The van der Waals surface area contributed by atoms with E-state index in [2.05, 4.69) is 11.6 Å². The van der Waals surface area contributed by atoms with E-state index in [-0.39, 0.29) is 5.60 Å². The Bertz CT molecular complexity index is 281. The van der Waals surface area contributed by atoms with Gasteiger partial charge in [-0.3, -0.25) is 0 Å². The van der Waals surface area contributed by atoms with Crippen molar-refractivity contribution < 1.29 is 4.74 Å². The standard InChI is InChI=1S/C11H17NO/c1-5-9-6-7-10(12-9)8-13-11(2,3)4/h5-7,12H,1,8H2,2-4H3. The van der Waals surface area contributed by atoms with Gasteiger partial charge in [-0.15, -0.1) is 0 Å². The number of hydrogen-bond acceptors (Lipinski definition) is 1. The Hall–Kier alpha value is -1.02. The summed E-state index contributed by atoms with van der Waals surface area (Å²) in [5, 5.41) is 0. The Labute approximate surface area is 79.6 Å². The van der Waals surface area contributed by atoms with Crippen molar-refractivity contribution in [2.24, 2.45) is 0 Å². The molecule has 0 aromatic carbocycles. The second-order valence-corrected chi connectivity index (χ2v) is 4.04. The molecule has 13 heavy (non-hydrogen) atoms. The quantitative estimate of drug-likeness (QED) is 0.758. The zero-order chi connectivity index (χ0) is 9.90. The van der Waals surface area contributed by atoms with E-state index in [9.17, 15) is 0 Å². The van der Waals surface area contributed by atoms with Crippen molar-refractivity contribution in [2.75, 3.05) is 0 Å². The summed E-state index contributed by atoms with van der Waals surface area (Å²) in [6.45, 7) is 10.4. The second-order valence-electron chi connectivity index (χ2n) is 4.04. The summed E-state index contributed by atoms with van der Waals surface area (Å²) < 4.78 is 5.61. The van der Waals surface area contributed by atoms with E-state index in [4.69, 9.17) is 4.74 Å². The average molecular weight is 179 g/mol. The lowest BCUT2D eigenvalue weighted by Gasteiger charge is -2.18. The molecular weight excluding hydrogens is 162 g/mol. The van der Waals surface area contributed by atoms with Crippen LogP contribution in [0.4, 0.5) is 0 Å². The van der Waals surface area contributed by atoms with Crippen LogP contribution in [-0.2, 0) is 11.3 Å². The zero-order valence-corrected chi connectivity index (χ0v) is 8.55. The van der Waals surface area contributed by atoms with Crippen LogP contribution in [0.5, 0.6) is 0 Å². The van der Waals surface area contributed by atoms with Crippen molar-refractivity contribution in [3.05, 3.63) is 30.1 Å². The van der Waals surface area contributed by atoms with Gasteiger partial charge in [0.1, 0.15) is 0 Å². The SMILES string of the molecule is C=Cc1ccc(COC(C)(C)C)[nH]1. The Morgan fingerprint density at radius 3 is 2.62 bits per heavy atom. The maximum Gasteiger partial charge on any atom is 0.0872 e. The Kier molecular flexibility index (Phi) is 2.94. The van der Waals surface area contributed by atoms with Gasteiger partial charge in [-0.1, -0.05) is 6.58 Å². The smallest absolute Gasteiger partial charge is 0.0872 e. The Balaban J connectivity index is 2.50. The van der Waals surface area contributed by atoms with Gasteiger partial charge in [0.2, 0.25) is 0 Å². The monoisotopic (exact) mass is 179 g/mol. The number of aromatic amines is 1. The first-order valence-electron chi connectivity index (χ1n) is 4.45. The summed E-state index contributed by atoms with van der Waals surface area (Å²) in [5.74, 6) is 0. The molecule has 72 valence electrons. The summed E-state index contributed by atoms with van der Waals surface area (Å²) in [6.07, 6.45) is 1.79. The highest BCUT2D eigenvalue weighted by atomic mass is 16.5. The van der Waals surface area contributed by atoms with Crippen molar-refractivity contribution in [2.45, 2.75) is 33.0 Å². The van der Waals surface area contributed by atoms with Crippen molar-refractivity contribution in [3.63, 3.8) is 0 Å². The van der Waals surface area contributed by atoms with E-state index in [0.29, 0.717) is 6.61 Å². The summed E-state index contributed by atoms with van der Waals surface area (Å²) in [7, 11) is 0. The van der Waals surface area contributed by atoms with Crippen molar-refractivity contribution >= 4 is 6.08 Å². The van der Waals surface area contributed by atoms with E-state index in [1.807, 2.05) is 32.9 Å². The largest absolute Gasteiger partial charge is 0.370 e. The molecule has 0 amide bonds. The van der Waals surface area contributed by atoms with Gasteiger partial charge in [0.15, 0.2) is 0 Å². The van der Waals surface area contributed by atoms with Gasteiger partial charge in [0.05, 0.1) is 12.2 Å². The third-order valence-electron chi connectivity index (χ3n) is 1.65. The molecule has 0 aliphatic carbocycles. The topological polar surface area (TPSA) is 25.0 Å². The van der Waals surface area contributed by atoms with E-state index in [0.717, 1.165) is 11.4 Å². The first-order chi connectivity index (χ1) is 6.01. The fourth-order valence-corrected chi connectivity index (χ4v) is 0.957. The molecule has 0 unspecified atom stereocenters. The summed E-state index contributed by atoms with van der Waals surface area (Å²) in [4.78, 5) is 3.19. The Morgan fingerprint density at radius 2 is 2.15 bits per heavy atom. The second kappa shape index (κ2) is 3.79. The third kappa shape index (κ3) is 3.47. The molecule has 0 fully saturated rings. The minimum atomic E-state index is -0.0839. The number of ether oxygens (including phenoxy) is 1. The van der Waals surface area contributed by atoms with Gasteiger partial charge in [-0.25, -0.2) is 0 Å². The van der Waals surface area contributed by atoms with Crippen LogP contribution in [-0.4, -0.2) is 10.6 Å². The molecule has 1 rings (SSSR count). The van der Waals surface area contributed by atoms with Gasteiger partial charge >= 0.3 is 0 Å². The van der Waals surface area contributed by atoms with Gasteiger partial charge < -0.3 is 9.72 Å². The summed E-state index contributed by atoms with van der Waals surface area (Å²) in [5.41, 5.74) is 2.04. The fourth-order valence-electron chi connectivity index (χ4n) is 0.957. The minimum absolute atomic E-state index is 0.0839. The van der Waals surface area contributed by atoms with Crippen LogP contribution in [0.25, 0.3) is 6.08 Å². The molecule has 2 nitrogen and oxygen atoms in total. The molecule has 2 heteroatoms. The van der Waals surface area contributed by atoms with Crippen molar-refractivity contribution in [1.82, 2.24) is 4.98 Å². The maximum atomic E-state index is 5.61. The summed E-state index contributed by atoms with van der Waals surface area (Å²) >= 11 is 0. The normalized spacial score (nSPS) is 11.6. The van der Waals surface area contributed by atoms with Crippen LogP contribution >= 0.6 is 0 Å². The lowest BCUT2D eigenvalue weighted by atomic mass is 10.2. The fraction of sp³-hybridized carbons (Fsp3) is 0.455. The van der Waals surface area contributed by atoms with E-state index in [1.54, 1.807) is 6.08 Å². The third-order valence-corrected chi connectivity index (χ3v) is 1.65. The first kappa shape index (κ1) is 10.1. The van der Waals surface area contributed by atoms with Gasteiger partial charge in [0.25, 0.3) is 0 Å². The molecule has 1 heterocycles. The predicted octanol–water partition coefficient (Wildman–Crippen LogP) is 2.97. The van der Waals surface area contributed by atoms with Crippen LogP contribution in [0.1, 0.15) is 32.2 Å². The molecule has 0 bridgehead atoms. The van der Waals surface area contributed by atoms with Crippen LogP contribution in [0, 0.1) is 0 Å². The van der Waals surface area contributed by atoms with E-state index >= 15 is 0 Å². The maximum absolute atomic E-state index is 5.61. The lowest BCUT2D eigenvalue weighted by molar-refractivity contribution is -0.0163. The minimum Gasteiger partial charge on any atom is -0.370 e. The van der Waals surface area contributed by atoms with Crippen LogP contribution in [0.2, 0.25) is 0 Å². The molecule has 0 spiro atoms. The number of rotatable bonds is 3. The van der Waals surface area contributed by atoms with Crippen molar-refractivity contribution in [3.8, 4) is 0 Å². The van der Waals surface area contributed by atoms with Gasteiger partial charge in [-0.2, -0.15) is 0 Å². The molecule has 0 aliphatic heterocycles. The number of nitrogens with one attached hydrogen (secondary N) is 1. The Morgan fingerprint density at radius 1 is 1.46 bits per heavy atom. The van der Waals surface area contributed by atoms with Gasteiger partial charge in [-0.05, 0) is 39.0 Å². The lowest BCUT2D eigenvalue weighted by Crippen LogP contribution is -2.18.